The van der Waals surface area contributed by atoms with Crippen LogP contribution in [0, 0.1) is 5.92 Å². The number of hydrogen-bond donors (Lipinski definition) is 1. The molecule has 2 unspecified atom stereocenters. The van der Waals surface area contributed by atoms with E-state index in [0.29, 0.717) is 0 Å². The van der Waals surface area contributed by atoms with E-state index in [9.17, 15) is 5.11 Å². The van der Waals surface area contributed by atoms with Crippen LogP contribution in [0.4, 0.5) is 0 Å². The fourth-order valence-corrected chi connectivity index (χ4v) is 2.34. The van der Waals surface area contributed by atoms with Crippen molar-refractivity contribution in [2.75, 3.05) is 0 Å². The molecule has 0 fully saturated rings. The van der Waals surface area contributed by atoms with Crippen LogP contribution in [0.15, 0.2) is 11.6 Å². The second-order valence-corrected chi connectivity index (χ2v) is 4.24. The zero-order valence-electron chi connectivity index (χ0n) is 8.92. The molecule has 1 heteroatoms. The first-order valence-corrected chi connectivity index (χ1v) is 5.63. The fraction of sp³-hybridized carbons (Fsp3) is 0.833. The van der Waals surface area contributed by atoms with Crippen LogP contribution in [0.5, 0.6) is 0 Å². The minimum Gasteiger partial charge on any atom is -0.389 e. The second kappa shape index (κ2) is 5.43. The van der Waals surface area contributed by atoms with Crippen molar-refractivity contribution in [3.05, 3.63) is 11.6 Å². The van der Waals surface area contributed by atoms with Crippen molar-refractivity contribution < 1.29 is 5.11 Å². The van der Waals surface area contributed by atoms with E-state index in [0.717, 1.165) is 12.3 Å². The molecule has 0 radical (unpaired) electrons. The molecule has 0 heterocycles. The predicted molar refractivity (Wildman–Crippen MR) is 56.6 cm³/mol. The van der Waals surface area contributed by atoms with Crippen LogP contribution in [-0.4, -0.2) is 11.2 Å². The van der Waals surface area contributed by atoms with E-state index >= 15 is 0 Å². The molecule has 1 aliphatic carbocycles. The first-order valence-electron chi connectivity index (χ1n) is 5.63. The van der Waals surface area contributed by atoms with Crippen LogP contribution in [-0.2, 0) is 0 Å². The van der Waals surface area contributed by atoms with Gasteiger partial charge in [-0.15, -0.1) is 0 Å². The van der Waals surface area contributed by atoms with Crippen molar-refractivity contribution in [2.45, 2.75) is 58.5 Å². The average Bonchev–Trinajstić information content (AvgIpc) is 2.04. The maximum Gasteiger partial charge on any atom is 0.0726 e. The molecule has 0 saturated carbocycles. The monoisotopic (exact) mass is 182 g/mol. The van der Waals surface area contributed by atoms with Gasteiger partial charge in [-0.3, -0.25) is 0 Å². The van der Waals surface area contributed by atoms with E-state index in [-0.39, 0.29) is 6.10 Å². The Bertz CT molecular complexity index is 172. The second-order valence-electron chi connectivity index (χ2n) is 4.24. The van der Waals surface area contributed by atoms with Gasteiger partial charge in [0.2, 0.25) is 0 Å². The summed E-state index contributed by atoms with van der Waals surface area (Å²) in [6.07, 6.45) is 9.05. The lowest BCUT2D eigenvalue weighted by atomic mass is 9.83. The third kappa shape index (κ3) is 3.51. The molecule has 13 heavy (non-hydrogen) atoms. The van der Waals surface area contributed by atoms with Gasteiger partial charge >= 0.3 is 0 Å². The zero-order chi connectivity index (χ0) is 9.68. The summed E-state index contributed by atoms with van der Waals surface area (Å²) < 4.78 is 0. The summed E-state index contributed by atoms with van der Waals surface area (Å²) >= 11 is 0. The summed E-state index contributed by atoms with van der Waals surface area (Å²) in [6, 6.07) is 0. The molecule has 0 saturated heterocycles. The number of allylic oxidation sites excluding steroid dienone is 1. The molecule has 0 spiro atoms. The molecule has 0 aromatic rings. The van der Waals surface area contributed by atoms with Crippen LogP contribution in [0.25, 0.3) is 0 Å². The normalized spacial score (nSPS) is 28.7. The van der Waals surface area contributed by atoms with Crippen molar-refractivity contribution in [3.8, 4) is 0 Å². The van der Waals surface area contributed by atoms with Gasteiger partial charge in [-0.25, -0.2) is 0 Å². The standard InChI is InChI=1S/C12H22O/c1-3-5-10-7-11(6-4-2)9-12(13)8-10/h8,11-13H,3-7,9H2,1-2H3. The van der Waals surface area contributed by atoms with Crippen molar-refractivity contribution >= 4 is 0 Å². The SMILES string of the molecule is CCCC1=CC(O)CC(CCC)C1. The summed E-state index contributed by atoms with van der Waals surface area (Å²) in [6.45, 7) is 4.43. The molecule has 1 nitrogen and oxygen atoms in total. The van der Waals surface area contributed by atoms with Crippen LogP contribution in [0.2, 0.25) is 0 Å². The van der Waals surface area contributed by atoms with Crippen molar-refractivity contribution in [1.29, 1.82) is 0 Å². The van der Waals surface area contributed by atoms with Gasteiger partial charge in [-0.05, 0) is 25.2 Å². The molecule has 0 bridgehead atoms. The Morgan fingerprint density at radius 2 is 2.15 bits per heavy atom. The summed E-state index contributed by atoms with van der Waals surface area (Å²) in [5.41, 5.74) is 1.49. The topological polar surface area (TPSA) is 20.2 Å². The smallest absolute Gasteiger partial charge is 0.0726 e. The number of rotatable bonds is 4. The molecule has 0 amide bonds. The third-order valence-corrected chi connectivity index (χ3v) is 2.82. The maximum atomic E-state index is 9.63. The summed E-state index contributed by atoms with van der Waals surface area (Å²) in [5, 5.41) is 9.63. The highest BCUT2D eigenvalue weighted by molar-refractivity contribution is 5.10. The molecule has 76 valence electrons. The molecular weight excluding hydrogens is 160 g/mol. The van der Waals surface area contributed by atoms with Gasteiger partial charge < -0.3 is 5.11 Å². The Morgan fingerprint density at radius 1 is 1.38 bits per heavy atom. The molecule has 1 N–H and O–H groups in total. The molecule has 0 aliphatic heterocycles. The molecule has 1 rings (SSSR count). The largest absolute Gasteiger partial charge is 0.389 e. The summed E-state index contributed by atoms with van der Waals surface area (Å²) in [4.78, 5) is 0. The van der Waals surface area contributed by atoms with E-state index in [1.54, 1.807) is 0 Å². The maximum absolute atomic E-state index is 9.63. The number of hydrogen-bond acceptors (Lipinski definition) is 1. The van der Waals surface area contributed by atoms with Crippen molar-refractivity contribution in [3.63, 3.8) is 0 Å². The first kappa shape index (κ1) is 10.8. The van der Waals surface area contributed by atoms with Crippen LogP contribution in [0.3, 0.4) is 0 Å². The third-order valence-electron chi connectivity index (χ3n) is 2.82. The van der Waals surface area contributed by atoms with Crippen LogP contribution < -0.4 is 0 Å². The Hall–Kier alpha value is -0.300. The van der Waals surface area contributed by atoms with E-state index in [1.807, 2.05) is 0 Å². The summed E-state index contributed by atoms with van der Waals surface area (Å²) in [7, 11) is 0. The minimum atomic E-state index is -0.160. The van der Waals surface area contributed by atoms with Gasteiger partial charge in [0.1, 0.15) is 0 Å². The Morgan fingerprint density at radius 3 is 2.77 bits per heavy atom. The molecule has 1 aliphatic rings. The van der Waals surface area contributed by atoms with E-state index in [2.05, 4.69) is 19.9 Å². The van der Waals surface area contributed by atoms with Crippen molar-refractivity contribution in [2.24, 2.45) is 5.92 Å². The number of aliphatic hydroxyl groups excluding tert-OH is 1. The van der Waals surface area contributed by atoms with Gasteiger partial charge in [0, 0.05) is 0 Å². The highest BCUT2D eigenvalue weighted by Crippen LogP contribution is 2.29. The zero-order valence-corrected chi connectivity index (χ0v) is 8.92. The minimum absolute atomic E-state index is 0.160. The highest BCUT2D eigenvalue weighted by Gasteiger charge is 2.19. The van der Waals surface area contributed by atoms with E-state index in [1.165, 1.54) is 37.7 Å². The predicted octanol–water partition coefficient (Wildman–Crippen LogP) is 3.28. The molecule has 2 atom stereocenters. The quantitative estimate of drug-likeness (QED) is 0.661. The van der Waals surface area contributed by atoms with Crippen LogP contribution in [0.1, 0.15) is 52.4 Å². The van der Waals surface area contributed by atoms with Crippen LogP contribution >= 0.6 is 0 Å². The molecular formula is C12H22O. The Kier molecular flexibility index (Phi) is 4.51. The highest BCUT2D eigenvalue weighted by atomic mass is 16.3. The lowest BCUT2D eigenvalue weighted by molar-refractivity contribution is 0.170. The van der Waals surface area contributed by atoms with Gasteiger partial charge in [0.15, 0.2) is 0 Å². The Labute approximate surface area is 81.9 Å². The lowest BCUT2D eigenvalue weighted by Crippen LogP contribution is -2.18. The fourth-order valence-electron chi connectivity index (χ4n) is 2.34. The Balaban J connectivity index is 2.46. The van der Waals surface area contributed by atoms with Gasteiger partial charge in [-0.2, -0.15) is 0 Å². The van der Waals surface area contributed by atoms with E-state index < -0.39 is 0 Å². The van der Waals surface area contributed by atoms with Crippen molar-refractivity contribution in [1.82, 2.24) is 0 Å². The lowest BCUT2D eigenvalue weighted by Gasteiger charge is -2.25. The molecule has 0 aromatic carbocycles. The number of aliphatic hydroxyl groups is 1. The first-order chi connectivity index (χ1) is 6.26. The van der Waals surface area contributed by atoms with Gasteiger partial charge in [0.05, 0.1) is 6.10 Å². The van der Waals surface area contributed by atoms with E-state index in [4.69, 9.17) is 0 Å². The molecule has 0 aromatic heterocycles. The van der Waals surface area contributed by atoms with Gasteiger partial charge in [0.25, 0.3) is 0 Å². The average molecular weight is 182 g/mol. The van der Waals surface area contributed by atoms with Gasteiger partial charge in [-0.1, -0.05) is 44.8 Å². The summed E-state index contributed by atoms with van der Waals surface area (Å²) in [5.74, 6) is 0.742.